The number of nitrogens with zero attached hydrogens (tertiary/aromatic N) is 3. The van der Waals surface area contributed by atoms with Crippen LogP contribution < -0.4 is 5.32 Å². The van der Waals surface area contributed by atoms with Gasteiger partial charge in [0.05, 0.1) is 22.7 Å². The molecule has 0 aliphatic rings. The summed E-state index contributed by atoms with van der Waals surface area (Å²) in [7, 11) is 0. The summed E-state index contributed by atoms with van der Waals surface area (Å²) in [6.07, 6.45) is 2.42. The van der Waals surface area contributed by atoms with Crippen LogP contribution in [-0.2, 0) is 11.2 Å². The van der Waals surface area contributed by atoms with Crippen molar-refractivity contribution >= 4 is 35.0 Å². The molecule has 8 heteroatoms. The molecule has 0 unspecified atom stereocenters. The number of rotatable bonds is 7. The lowest BCUT2D eigenvalue weighted by molar-refractivity contribution is -0.113. The smallest absolute Gasteiger partial charge is 0.234 e. The van der Waals surface area contributed by atoms with E-state index in [-0.39, 0.29) is 11.7 Å². The van der Waals surface area contributed by atoms with E-state index in [9.17, 15) is 4.79 Å². The molecule has 6 nitrogen and oxygen atoms in total. The third-order valence-electron chi connectivity index (χ3n) is 4.81. The van der Waals surface area contributed by atoms with Crippen molar-refractivity contribution in [2.45, 2.75) is 25.4 Å². The highest BCUT2D eigenvalue weighted by Gasteiger charge is 2.20. The first-order chi connectivity index (χ1) is 15.1. The van der Waals surface area contributed by atoms with Gasteiger partial charge in [0.1, 0.15) is 0 Å². The van der Waals surface area contributed by atoms with Crippen molar-refractivity contribution in [3.8, 4) is 17.3 Å². The fourth-order valence-electron chi connectivity index (χ4n) is 3.29. The summed E-state index contributed by atoms with van der Waals surface area (Å²) in [5, 5.41) is 12.7. The van der Waals surface area contributed by atoms with Gasteiger partial charge in [0.15, 0.2) is 10.9 Å². The fourth-order valence-corrected chi connectivity index (χ4v) is 4.25. The number of amides is 1. The van der Waals surface area contributed by atoms with Crippen molar-refractivity contribution in [3.63, 3.8) is 0 Å². The maximum absolute atomic E-state index is 12.7. The molecule has 0 aliphatic carbocycles. The van der Waals surface area contributed by atoms with Crippen LogP contribution in [0.3, 0.4) is 0 Å². The topological polar surface area (TPSA) is 73.0 Å². The molecule has 2 heterocycles. The molecular formula is C23H21ClN4O2S. The van der Waals surface area contributed by atoms with E-state index in [1.54, 1.807) is 18.4 Å². The first-order valence-corrected chi connectivity index (χ1v) is 11.2. The van der Waals surface area contributed by atoms with Gasteiger partial charge in [-0.1, -0.05) is 60.6 Å². The number of thioether (sulfide) groups is 1. The Bertz CT molecular complexity index is 1200. The normalized spacial score (nSPS) is 10.9. The Kier molecular flexibility index (Phi) is 6.44. The molecule has 0 saturated carbocycles. The molecule has 0 atom stereocenters. The van der Waals surface area contributed by atoms with E-state index < -0.39 is 0 Å². The summed E-state index contributed by atoms with van der Waals surface area (Å²) in [6.45, 7) is 4.06. The van der Waals surface area contributed by atoms with Crippen LogP contribution in [0.15, 0.2) is 70.4 Å². The highest BCUT2D eigenvalue weighted by atomic mass is 35.5. The number of carbonyl (C=O) groups excluding carboxylic acids is 1. The van der Waals surface area contributed by atoms with Crippen molar-refractivity contribution in [1.82, 2.24) is 14.8 Å². The summed E-state index contributed by atoms with van der Waals surface area (Å²) >= 11 is 7.74. The number of aromatic nitrogens is 3. The van der Waals surface area contributed by atoms with Gasteiger partial charge in [-0.2, -0.15) is 0 Å². The second kappa shape index (κ2) is 9.41. The van der Waals surface area contributed by atoms with Crippen LogP contribution in [0.2, 0.25) is 5.02 Å². The quantitative estimate of drug-likeness (QED) is 0.360. The van der Waals surface area contributed by atoms with E-state index in [4.69, 9.17) is 16.0 Å². The van der Waals surface area contributed by atoms with Crippen LogP contribution in [0.25, 0.3) is 17.3 Å². The van der Waals surface area contributed by atoms with Crippen molar-refractivity contribution in [2.24, 2.45) is 0 Å². The molecule has 0 bridgehead atoms. The van der Waals surface area contributed by atoms with Crippen molar-refractivity contribution in [3.05, 3.63) is 77.0 Å². The minimum absolute atomic E-state index is 0.109. The van der Waals surface area contributed by atoms with E-state index >= 15 is 0 Å². The monoisotopic (exact) mass is 452 g/mol. The third kappa shape index (κ3) is 4.52. The van der Waals surface area contributed by atoms with Crippen LogP contribution >= 0.6 is 23.4 Å². The summed E-state index contributed by atoms with van der Waals surface area (Å²) < 4.78 is 7.33. The van der Waals surface area contributed by atoms with Crippen LogP contribution in [0.5, 0.6) is 0 Å². The molecule has 4 rings (SSSR count). The number of halogens is 1. The summed E-state index contributed by atoms with van der Waals surface area (Å²) in [6, 6.07) is 17.0. The van der Waals surface area contributed by atoms with Crippen LogP contribution in [-0.4, -0.2) is 26.4 Å². The van der Waals surface area contributed by atoms with Crippen LogP contribution in [0.1, 0.15) is 18.1 Å². The number of nitrogens with one attached hydrogen (secondary N) is 1. The number of furan rings is 1. The number of anilines is 1. The second-order valence-electron chi connectivity index (χ2n) is 6.87. The van der Waals surface area contributed by atoms with Gasteiger partial charge in [0, 0.05) is 5.69 Å². The highest BCUT2D eigenvalue weighted by molar-refractivity contribution is 7.99. The summed E-state index contributed by atoms with van der Waals surface area (Å²) in [5.41, 5.74) is 3.74. The summed E-state index contributed by atoms with van der Waals surface area (Å²) in [5.74, 6) is 1.16. The first-order valence-electron chi connectivity index (χ1n) is 9.83. The largest absolute Gasteiger partial charge is 0.461 e. The molecule has 0 saturated heterocycles. The number of benzene rings is 2. The van der Waals surface area contributed by atoms with E-state index in [2.05, 4.69) is 22.4 Å². The lowest BCUT2D eigenvalue weighted by Gasteiger charge is -2.13. The van der Waals surface area contributed by atoms with Gasteiger partial charge >= 0.3 is 0 Å². The Labute approximate surface area is 189 Å². The lowest BCUT2D eigenvalue weighted by atomic mass is 10.1. The Morgan fingerprint density at radius 3 is 2.71 bits per heavy atom. The minimum atomic E-state index is -0.109. The number of para-hydroxylation sites is 2. The maximum atomic E-state index is 12.7. The lowest BCUT2D eigenvalue weighted by Crippen LogP contribution is -2.16. The SMILES string of the molecule is CCc1cccc(C)c1NC(=O)CSc1nnc(-c2ccco2)n1-c1ccccc1Cl. The number of hydrogen-bond donors (Lipinski definition) is 1. The molecule has 2 aromatic heterocycles. The zero-order valence-electron chi connectivity index (χ0n) is 17.1. The molecule has 4 aromatic rings. The predicted octanol–water partition coefficient (Wildman–Crippen LogP) is 5.78. The standard InChI is InChI=1S/C23H21ClN4O2S/c1-3-16-9-6-8-15(2)21(16)25-20(29)14-31-23-27-26-22(19-12-7-13-30-19)28(23)18-11-5-4-10-17(18)24/h4-13H,3,14H2,1-2H3,(H,25,29). The molecule has 1 N–H and O–H groups in total. The molecule has 2 aromatic carbocycles. The first kappa shape index (κ1) is 21.2. The molecule has 0 radical (unpaired) electrons. The Hall–Kier alpha value is -3.03. The third-order valence-corrected chi connectivity index (χ3v) is 6.05. The molecule has 158 valence electrons. The van der Waals surface area contributed by atoms with Crippen molar-refractivity contribution in [1.29, 1.82) is 0 Å². The van der Waals surface area contributed by atoms with E-state index in [0.29, 0.717) is 21.8 Å². The fraction of sp³-hybridized carbons (Fsp3) is 0.174. The Morgan fingerprint density at radius 2 is 1.97 bits per heavy atom. The maximum Gasteiger partial charge on any atom is 0.234 e. The molecule has 31 heavy (non-hydrogen) atoms. The van der Waals surface area contributed by atoms with Crippen molar-refractivity contribution in [2.75, 3.05) is 11.1 Å². The summed E-state index contributed by atoms with van der Waals surface area (Å²) in [4.78, 5) is 12.7. The molecular weight excluding hydrogens is 432 g/mol. The average Bonchev–Trinajstić information content (AvgIpc) is 3.44. The number of aryl methyl sites for hydroxylation is 2. The van der Waals surface area contributed by atoms with Crippen LogP contribution in [0.4, 0.5) is 5.69 Å². The minimum Gasteiger partial charge on any atom is -0.461 e. The van der Waals surface area contributed by atoms with Gasteiger partial charge in [-0.15, -0.1) is 10.2 Å². The average molecular weight is 453 g/mol. The van der Waals surface area contributed by atoms with Crippen molar-refractivity contribution < 1.29 is 9.21 Å². The van der Waals surface area contributed by atoms with Gasteiger partial charge in [0.2, 0.25) is 11.7 Å². The predicted molar refractivity (Wildman–Crippen MR) is 124 cm³/mol. The van der Waals surface area contributed by atoms with E-state index in [1.165, 1.54) is 11.8 Å². The van der Waals surface area contributed by atoms with Gasteiger partial charge in [-0.25, -0.2) is 0 Å². The van der Waals surface area contributed by atoms with Crippen LogP contribution in [0, 0.1) is 6.92 Å². The zero-order chi connectivity index (χ0) is 21.8. The number of carbonyl (C=O) groups is 1. The van der Waals surface area contributed by atoms with Gasteiger partial charge in [-0.3, -0.25) is 9.36 Å². The second-order valence-corrected chi connectivity index (χ2v) is 8.22. The highest BCUT2D eigenvalue weighted by Crippen LogP contribution is 2.31. The molecule has 0 aliphatic heterocycles. The van der Waals surface area contributed by atoms with E-state index in [0.717, 1.165) is 28.9 Å². The molecule has 0 spiro atoms. The van der Waals surface area contributed by atoms with E-state index in [1.807, 2.05) is 54.0 Å². The Morgan fingerprint density at radius 1 is 1.13 bits per heavy atom. The zero-order valence-corrected chi connectivity index (χ0v) is 18.7. The Balaban J connectivity index is 1.60. The number of hydrogen-bond acceptors (Lipinski definition) is 5. The molecule has 0 fully saturated rings. The van der Waals surface area contributed by atoms with Gasteiger partial charge in [0.25, 0.3) is 0 Å². The van der Waals surface area contributed by atoms with Gasteiger partial charge < -0.3 is 9.73 Å². The molecule has 1 amide bonds. The van der Waals surface area contributed by atoms with Gasteiger partial charge in [-0.05, 0) is 48.7 Å².